The van der Waals surface area contributed by atoms with Gasteiger partial charge in [-0.25, -0.2) is 18.7 Å². The van der Waals surface area contributed by atoms with Crippen molar-refractivity contribution in [1.29, 1.82) is 0 Å². The van der Waals surface area contributed by atoms with Crippen LogP contribution in [0.5, 0.6) is 0 Å². The number of halogens is 2. The zero-order valence-corrected chi connectivity index (χ0v) is 13.1. The Balaban J connectivity index is 1.52. The Labute approximate surface area is 141 Å². The molecule has 4 rings (SSSR count). The molecule has 1 aliphatic rings. The molecule has 0 unspecified atom stereocenters. The summed E-state index contributed by atoms with van der Waals surface area (Å²) < 4.78 is 27.1. The molecule has 1 fully saturated rings. The average Bonchev–Trinajstić information content (AvgIpc) is 3.08. The van der Waals surface area contributed by atoms with Crippen LogP contribution in [0.3, 0.4) is 0 Å². The maximum Gasteiger partial charge on any atom is 0.242 e. The first-order valence-corrected chi connectivity index (χ1v) is 7.72. The number of rotatable bonds is 3. The van der Waals surface area contributed by atoms with Gasteiger partial charge in [0.05, 0.1) is 18.1 Å². The monoisotopic (exact) mass is 344 g/mol. The normalized spacial score (nSPS) is 15.2. The number of H-pyrrole nitrogens is 1. The average molecular weight is 344 g/mol. The smallest absolute Gasteiger partial charge is 0.242 e. The van der Waals surface area contributed by atoms with Gasteiger partial charge in [-0.05, 0) is 18.2 Å². The van der Waals surface area contributed by atoms with E-state index in [1.165, 1.54) is 11.2 Å². The van der Waals surface area contributed by atoms with Crippen molar-refractivity contribution >= 4 is 22.8 Å². The van der Waals surface area contributed by atoms with Gasteiger partial charge in [0.2, 0.25) is 5.91 Å². The van der Waals surface area contributed by atoms with Crippen LogP contribution in [0.25, 0.3) is 11.0 Å². The molecule has 0 saturated carbocycles. The largest absolute Gasteiger partial charge is 0.345 e. The van der Waals surface area contributed by atoms with Crippen molar-refractivity contribution in [3.05, 3.63) is 47.9 Å². The summed E-state index contributed by atoms with van der Waals surface area (Å²) in [5.41, 5.74) is 0.766. The van der Waals surface area contributed by atoms with E-state index in [4.69, 9.17) is 0 Å². The van der Waals surface area contributed by atoms with Crippen molar-refractivity contribution in [2.75, 3.05) is 24.5 Å². The maximum atomic E-state index is 13.8. The van der Waals surface area contributed by atoms with E-state index >= 15 is 0 Å². The van der Waals surface area contributed by atoms with E-state index in [1.54, 1.807) is 6.20 Å². The molecule has 0 atom stereocenters. The summed E-state index contributed by atoms with van der Waals surface area (Å²) >= 11 is 0. The van der Waals surface area contributed by atoms with E-state index in [1.807, 2.05) is 4.90 Å². The lowest BCUT2D eigenvalue weighted by Gasteiger charge is -2.35. The highest BCUT2D eigenvalue weighted by Gasteiger charge is 2.27. The molecule has 7 nitrogen and oxygen atoms in total. The molecule has 9 heteroatoms. The molecule has 1 saturated heterocycles. The molecule has 0 aliphatic carbocycles. The van der Waals surface area contributed by atoms with Gasteiger partial charge >= 0.3 is 0 Å². The minimum Gasteiger partial charge on any atom is -0.345 e. The van der Waals surface area contributed by atoms with Gasteiger partial charge in [-0.1, -0.05) is 0 Å². The Bertz CT molecular complexity index is 943. The fraction of sp³-hybridized carbons (Fsp3) is 0.250. The topological polar surface area (TPSA) is 78.0 Å². The maximum absolute atomic E-state index is 13.8. The molecule has 0 bridgehead atoms. The zero-order valence-electron chi connectivity index (χ0n) is 13.1. The Hall–Kier alpha value is -3.10. The second-order valence-corrected chi connectivity index (χ2v) is 5.80. The van der Waals surface area contributed by atoms with Crippen LogP contribution in [0.2, 0.25) is 0 Å². The van der Waals surface area contributed by atoms with Crippen LogP contribution < -0.4 is 4.90 Å². The number of fused-ring (bicyclic) bond motifs is 1. The van der Waals surface area contributed by atoms with Crippen molar-refractivity contribution in [2.24, 2.45) is 0 Å². The molecule has 128 valence electrons. The highest BCUT2D eigenvalue weighted by Crippen LogP contribution is 2.23. The van der Waals surface area contributed by atoms with Gasteiger partial charge < -0.3 is 9.80 Å². The number of aromatic amines is 1. The van der Waals surface area contributed by atoms with Crippen molar-refractivity contribution < 1.29 is 13.6 Å². The molecular formula is C16H14F2N6O. The lowest BCUT2D eigenvalue weighted by molar-refractivity contribution is -0.131. The summed E-state index contributed by atoms with van der Waals surface area (Å²) in [6.07, 6.45) is 3.03. The molecule has 0 radical (unpaired) electrons. The summed E-state index contributed by atoms with van der Waals surface area (Å²) in [4.78, 5) is 24.1. The van der Waals surface area contributed by atoms with Crippen LogP contribution >= 0.6 is 0 Å². The minimum atomic E-state index is -0.522. The minimum absolute atomic E-state index is 0.0428. The number of piperazine rings is 1. The first-order chi connectivity index (χ1) is 12.1. The summed E-state index contributed by atoms with van der Waals surface area (Å²) in [6, 6.07) is 3.25. The Morgan fingerprint density at radius 1 is 1.20 bits per heavy atom. The zero-order chi connectivity index (χ0) is 17.4. The highest BCUT2D eigenvalue weighted by atomic mass is 19.1. The number of anilines is 1. The highest BCUT2D eigenvalue weighted by molar-refractivity contribution is 5.90. The summed E-state index contributed by atoms with van der Waals surface area (Å²) in [7, 11) is 0. The predicted molar refractivity (Wildman–Crippen MR) is 85.7 cm³/mol. The molecule has 25 heavy (non-hydrogen) atoms. The molecule has 3 aromatic rings. The van der Waals surface area contributed by atoms with Crippen LogP contribution in [0.15, 0.2) is 30.7 Å². The number of amides is 1. The van der Waals surface area contributed by atoms with Gasteiger partial charge in [0.1, 0.15) is 23.8 Å². The summed E-state index contributed by atoms with van der Waals surface area (Å²) in [6.45, 7) is 1.06. The van der Waals surface area contributed by atoms with Gasteiger partial charge in [0, 0.05) is 25.2 Å². The van der Waals surface area contributed by atoms with Crippen LogP contribution in [-0.2, 0) is 11.3 Å². The molecule has 1 N–H and O–H groups in total. The van der Waals surface area contributed by atoms with Crippen LogP contribution in [0, 0.1) is 11.6 Å². The van der Waals surface area contributed by atoms with E-state index < -0.39 is 11.6 Å². The van der Waals surface area contributed by atoms with E-state index in [2.05, 4.69) is 20.2 Å². The first kappa shape index (κ1) is 15.4. The third kappa shape index (κ3) is 2.88. The Morgan fingerprint density at radius 3 is 2.92 bits per heavy atom. The summed E-state index contributed by atoms with van der Waals surface area (Å²) in [5.74, 6) is -0.591. The van der Waals surface area contributed by atoms with Gasteiger partial charge in [-0.3, -0.25) is 9.89 Å². The third-order valence-corrected chi connectivity index (χ3v) is 4.21. The Kier molecular flexibility index (Phi) is 3.75. The third-order valence-electron chi connectivity index (χ3n) is 4.21. The second-order valence-electron chi connectivity index (χ2n) is 5.80. The van der Waals surface area contributed by atoms with E-state index in [9.17, 15) is 13.6 Å². The molecule has 3 heterocycles. The Morgan fingerprint density at radius 2 is 2.08 bits per heavy atom. The number of aromatic nitrogens is 4. The number of nitrogens with one attached hydrogen (secondary N) is 1. The second kappa shape index (κ2) is 6.08. The van der Waals surface area contributed by atoms with Crippen LogP contribution in [-0.4, -0.2) is 50.6 Å². The number of hydrogen-bond acceptors (Lipinski definition) is 5. The van der Waals surface area contributed by atoms with Crippen molar-refractivity contribution in [2.45, 2.75) is 6.54 Å². The molecule has 2 aromatic heterocycles. The lowest BCUT2D eigenvalue weighted by Crippen LogP contribution is -2.50. The van der Waals surface area contributed by atoms with Gasteiger partial charge in [-0.15, -0.1) is 0 Å². The number of nitrogens with zero attached hydrogens (tertiary/aromatic N) is 5. The van der Waals surface area contributed by atoms with Crippen molar-refractivity contribution in [1.82, 2.24) is 25.1 Å². The van der Waals surface area contributed by atoms with Crippen molar-refractivity contribution in [3.63, 3.8) is 0 Å². The number of benzene rings is 1. The van der Waals surface area contributed by atoms with Gasteiger partial charge in [0.15, 0.2) is 5.65 Å². The van der Waals surface area contributed by atoms with Crippen molar-refractivity contribution in [3.8, 4) is 0 Å². The fourth-order valence-corrected chi connectivity index (χ4v) is 2.93. The summed E-state index contributed by atoms with van der Waals surface area (Å²) in [5, 5.41) is 7.44. The number of hydrogen-bond donors (Lipinski definition) is 1. The van der Waals surface area contributed by atoms with Crippen LogP contribution in [0.4, 0.5) is 14.6 Å². The van der Waals surface area contributed by atoms with Gasteiger partial charge in [0.25, 0.3) is 0 Å². The van der Waals surface area contributed by atoms with E-state index in [-0.39, 0.29) is 24.6 Å². The quantitative estimate of drug-likeness (QED) is 0.779. The predicted octanol–water partition coefficient (Wildman–Crippen LogP) is 1.48. The fourth-order valence-electron chi connectivity index (χ4n) is 2.93. The molecular weight excluding hydrogens is 330 g/mol. The molecule has 1 amide bonds. The number of carbonyl (C=O) groups is 1. The van der Waals surface area contributed by atoms with Crippen LogP contribution in [0.1, 0.15) is 5.56 Å². The molecule has 1 aliphatic heterocycles. The van der Waals surface area contributed by atoms with Gasteiger partial charge in [-0.2, -0.15) is 5.10 Å². The van der Waals surface area contributed by atoms with E-state index in [0.29, 0.717) is 24.6 Å². The lowest BCUT2D eigenvalue weighted by atomic mass is 10.1. The molecule has 0 spiro atoms. The number of carbonyl (C=O) groups excluding carboxylic acids is 1. The molecule has 1 aromatic carbocycles. The standard InChI is InChI=1S/C16H14F2N6O/c17-11-1-2-13(18)10(5-11)7-23-3-4-24(8-14(23)25)16-12-6-21-22-15(12)19-9-20-16/h1-2,5-6,9H,3-4,7-8H2,(H,19,20,21,22). The van der Waals surface area contributed by atoms with E-state index in [0.717, 1.165) is 23.6 Å². The first-order valence-electron chi connectivity index (χ1n) is 7.72. The SMILES string of the molecule is O=C1CN(c2ncnc3[nH]ncc23)CCN1Cc1cc(F)ccc1F.